The van der Waals surface area contributed by atoms with Gasteiger partial charge in [0, 0.05) is 38.6 Å². The van der Waals surface area contributed by atoms with Gasteiger partial charge in [0.1, 0.15) is 11.5 Å². The third-order valence-electron chi connectivity index (χ3n) is 3.79. The molecule has 3 rings (SSSR count). The molecule has 3 N–H and O–H groups in total. The van der Waals surface area contributed by atoms with Gasteiger partial charge in [-0.2, -0.15) is 0 Å². The molecular weight excluding hydrogens is 290 g/mol. The minimum atomic E-state index is 0.438. The highest BCUT2D eigenvalue weighted by molar-refractivity contribution is 5.98. The van der Waals surface area contributed by atoms with Crippen molar-refractivity contribution in [2.75, 3.05) is 26.2 Å². The average Bonchev–Trinajstić information content (AvgIpc) is 2.91. The van der Waals surface area contributed by atoms with Crippen molar-refractivity contribution in [3.05, 3.63) is 54.5 Å². The van der Waals surface area contributed by atoms with Crippen LogP contribution >= 0.6 is 0 Å². The van der Waals surface area contributed by atoms with Crippen LogP contribution in [0.5, 0.6) is 0 Å². The average molecular weight is 311 g/mol. The Balaban J connectivity index is 2.00. The summed E-state index contributed by atoms with van der Waals surface area (Å²) in [5, 5.41) is 3.33. The number of nitrogens with one attached hydrogen (secondary N) is 1. The molecule has 0 amide bonds. The molecule has 0 saturated carbocycles. The molecule has 1 fully saturated rings. The molecule has 23 heavy (non-hydrogen) atoms. The molecule has 7 nitrogen and oxygen atoms in total. The van der Waals surface area contributed by atoms with Gasteiger partial charge < -0.3 is 16.0 Å². The van der Waals surface area contributed by atoms with Crippen LogP contribution in [0.25, 0.3) is 5.65 Å². The summed E-state index contributed by atoms with van der Waals surface area (Å²) < 4.78 is 1.91. The lowest BCUT2D eigenvalue weighted by molar-refractivity contribution is 0.297. The fourth-order valence-corrected chi connectivity index (χ4v) is 2.72. The zero-order chi connectivity index (χ0) is 16.2. The number of aromatic nitrogens is 3. The van der Waals surface area contributed by atoms with Crippen molar-refractivity contribution < 1.29 is 0 Å². The summed E-state index contributed by atoms with van der Waals surface area (Å²) in [6.45, 7) is 9.36. The SMILES string of the molecule is C=C/C=C(\N=C(/N)c1c(C)nc2cnccn12)N1CCNCC1. The molecule has 0 aromatic carbocycles. The Labute approximate surface area is 135 Å². The van der Waals surface area contributed by atoms with E-state index in [2.05, 4.69) is 31.8 Å². The van der Waals surface area contributed by atoms with Crippen LogP contribution in [0, 0.1) is 6.92 Å². The molecule has 0 aliphatic carbocycles. The Morgan fingerprint density at radius 2 is 2.22 bits per heavy atom. The van der Waals surface area contributed by atoms with Crippen molar-refractivity contribution >= 4 is 11.5 Å². The van der Waals surface area contributed by atoms with Gasteiger partial charge in [-0.1, -0.05) is 12.7 Å². The zero-order valence-electron chi connectivity index (χ0n) is 13.2. The smallest absolute Gasteiger partial charge is 0.156 e. The van der Waals surface area contributed by atoms with Gasteiger partial charge in [-0.3, -0.25) is 9.38 Å². The molecule has 0 radical (unpaired) electrons. The molecule has 7 heteroatoms. The van der Waals surface area contributed by atoms with Crippen molar-refractivity contribution in [3.8, 4) is 0 Å². The highest BCUT2D eigenvalue weighted by atomic mass is 15.3. The van der Waals surface area contributed by atoms with E-state index in [1.807, 2.05) is 23.6 Å². The molecule has 0 spiro atoms. The van der Waals surface area contributed by atoms with Crippen LogP contribution in [0.3, 0.4) is 0 Å². The van der Waals surface area contributed by atoms with Crippen LogP contribution in [0.4, 0.5) is 0 Å². The Hall–Kier alpha value is -2.67. The van der Waals surface area contributed by atoms with E-state index < -0.39 is 0 Å². The van der Waals surface area contributed by atoms with E-state index >= 15 is 0 Å². The predicted molar refractivity (Wildman–Crippen MR) is 91.2 cm³/mol. The van der Waals surface area contributed by atoms with Gasteiger partial charge in [-0.15, -0.1) is 0 Å². The topological polar surface area (TPSA) is 83.8 Å². The largest absolute Gasteiger partial charge is 0.382 e. The van der Waals surface area contributed by atoms with E-state index in [9.17, 15) is 0 Å². The van der Waals surface area contributed by atoms with Gasteiger partial charge in [0.15, 0.2) is 11.5 Å². The first kappa shape index (κ1) is 15.2. The molecule has 0 atom stereocenters. The number of piperazine rings is 1. The van der Waals surface area contributed by atoms with Crippen molar-refractivity contribution in [3.63, 3.8) is 0 Å². The molecule has 2 aromatic heterocycles. The molecule has 1 saturated heterocycles. The van der Waals surface area contributed by atoms with Gasteiger partial charge in [-0.05, 0) is 13.0 Å². The maximum Gasteiger partial charge on any atom is 0.156 e. The second-order valence-electron chi connectivity index (χ2n) is 5.34. The first-order valence-corrected chi connectivity index (χ1v) is 7.62. The summed E-state index contributed by atoms with van der Waals surface area (Å²) in [6.07, 6.45) is 8.88. The van der Waals surface area contributed by atoms with E-state index in [4.69, 9.17) is 5.73 Å². The van der Waals surface area contributed by atoms with E-state index in [0.29, 0.717) is 5.84 Å². The van der Waals surface area contributed by atoms with Crippen molar-refractivity contribution in [1.29, 1.82) is 0 Å². The van der Waals surface area contributed by atoms with E-state index in [1.54, 1.807) is 18.5 Å². The van der Waals surface area contributed by atoms with Crippen LogP contribution in [0.2, 0.25) is 0 Å². The van der Waals surface area contributed by atoms with Gasteiger partial charge >= 0.3 is 0 Å². The van der Waals surface area contributed by atoms with Gasteiger partial charge in [-0.25, -0.2) is 9.98 Å². The lowest BCUT2D eigenvalue weighted by atomic mass is 10.3. The van der Waals surface area contributed by atoms with E-state index in [1.165, 1.54) is 0 Å². The molecule has 0 bridgehead atoms. The Morgan fingerprint density at radius 3 is 2.96 bits per heavy atom. The minimum Gasteiger partial charge on any atom is -0.382 e. The van der Waals surface area contributed by atoms with Crippen LogP contribution in [-0.4, -0.2) is 51.3 Å². The highest BCUT2D eigenvalue weighted by Gasteiger charge is 2.16. The maximum atomic E-state index is 6.30. The Bertz CT molecular complexity index is 766. The number of aryl methyl sites for hydroxylation is 1. The lowest BCUT2D eigenvalue weighted by Gasteiger charge is -2.29. The van der Waals surface area contributed by atoms with Crippen molar-refractivity contribution in [2.24, 2.45) is 10.7 Å². The number of nitrogens with two attached hydrogens (primary N) is 1. The number of hydrogen-bond donors (Lipinski definition) is 2. The molecular formula is C16H21N7. The van der Waals surface area contributed by atoms with E-state index in [-0.39, 0.29) is 0 Å². The fourth-order valence-electron chi connectivity index (χ4n) is 2.72. The molecule has 0 unspecified atom stereocenters. The second kappa shape index (κ2) is 6.62. The standard InChI is InChI=1S/C16H21N7/c1-3-4-13(22-8-5-18-6-9-22)21-16(17)15-12(2)20-14-11-19-7-10-23(14)15/h3-4,7,10-11,18H,1,5-6,8-9H2,2H3,(H2,17,21)/b13-4+. The summed E-state index contributed by atoms with van der Waals surface area (Å²) in [5.74, 6) is 1.26. The summed E-state index contributed by atoms with van der Waals surface area (Å²) in [6, 6.07) is 0. The summed E-state index contributed by atoms with van der Waals surface area (Å²) in [7, 11) is 0. The Kier molecular flexibility index (Phi) is 4.38. The Morgan fingerprint density at radius 1 is 1.43 bits per heavy atom. The number of nitrogens with zero attached hydrogens (tertiary/aromatic N) is 5. The van der Waals surface area contributed by atoms with Crippen LogP contribution in [0.1, 0.15) is 11.4 Å². The fraction of sp³-hybridized carbons (Fsp3) is 0.312. The summed E-state index contributed by atoms with van der Waals surface area (Å²) >= 11 is 0. The van der Waals surface area contributed by atoms with Crippen molar-refractivity contribution in [2.45, 2.75) is 6.92 Å². The van der Waals surface area contributed by atoms with E-state index in [0.717, 1.165) is 49.0 Å². The quantitative estimate of drug-likeness (QED) is 0.493. The number of hydrogen-bond acceptors (Lipinski definition) is 5. The molecule has 3 heterocycles. The number of rotatable bonds is 4. The first-order chi connectivity index (χ1) is 11.2. The number of fused-ring (bicyclic) bond motifs is 1. The highest BCUT2D eigenvalue weighted by Crippen LogP contribution is 2.14. The number of amidine groups is 1. The second-order valence-corrected chi connectivity index (χ2v) is 5.34. The molecule has 120 valence electrons. The van der Waals surface area contributed by atoms with Crippen LogP contribution in [0.15, 0.2) is 48.1 Å². The predicted octanol–water partition coefficient (Wildman–Crippen LogP) is 0.676. The van der Waals surface area contributed by atoms with Crippen LogP contribution in [-0.2, 0) is 0 Å². The third kappa shape index (κ3) is 3.09. The van der Waals surface area contributed by atoms with Crippen molar-refractivity contribution in [1.82, 2.24) is 24.6 Å². The zero-order valence-corrected chi connectivity index (χ0v) is 13.2. The number of allylic oxidation sites excluding steroid dienone is 2. The number of aliphatic imine (C=N–C) groups is 1. The van der Waals surface area contributed by atoms with Gasteiger partial charge in [0.25, 0.3) is 0 Å². The third-order valence-corrected chi connectivity index (χ3v) is 3.79. The first-order valence-electron chi connectivity index (χ1n) is 7.62. The van der Waals surface area contributed by atoms with Gasteiger partial charge in [0.2, 0.25) is 0 Å². The molecule has 2 aromatic rings. The molecule has 1 aliphatic rings. The molecule has 1 aliphatic heterocycles. The summed E-state index contributed by atoms with van der Waals surface area (Å²) in [5.41, 5.74) is 8.68. The normalized spacial score (nSPS) is 16.8. The maximum absolute atomic E-state index is 6.30. The number of imidazole rings is 1. The minimum absolute atomic E-state index is 0.438. The van der Waals surface area contributed by atoms with Crippen LogP contribution < -0.4 is 11.1 Å². The lowest BCUT2D eigenvalue weighted by Crippen LogP contribution is -2.42. The summed E-state index contributed by atoms with van der Waals surface area (Å²) in [4.78, 5) is 15.4. The monoisotopic (exact) mass is 311 g/mol. The van der Waals surface area contributed by atoms with Gasteiger partial charge in [0.05, 0.1) is 11.9 Å².